The molecule has 0 saturated heterocycles. The second-order valence-electron chi connectivity index (χ2n) is 7.01. The van der Waals surface area contributed by atoms with E-state index in [0.29, 0.717) is 5.92 Å². The maximum absolute atomic E-state index is 12.4. The Balaban J connectivity index is 1.59. The highest BCUT2D eigenvalue weighted by atomic mass is 32.2. The van der Waals surface area contributed by atoms with Gasteiger partial charge < -0.3 is 10.3 Å². The number of carbonyl (C=O) groups excluding carboxylic acids is 1. The van der Waals surface area contributed by atoms with Gasteiger partial charge in [-0.2, -0.15) is 0 Å². The van der Waals surface area contributed by atoms with Crippen LogP contribution in [0, 0.1) is 0 Å². The number of hydrogen-bond acceptors (Lipinski definition) is 5. The van der Waals surface area contributed by atoms with Crippen molar-refractivity contribution in [3.63, 3.8) is 0 Å². The van der Waals surface area contributed by atoms with Crippen molar-refractivity contribution < 1.29 is 13.2 Å². The molecule has 3 heterocycles. The number of fused-ring (bicyclic) bond motifs is 1. The van der Waals surface area contributed by atoms with E-state index in [1.807, 2.05) is 6.07 Å². The van der Waals surface area contributed by atoms with E-state index in [1.54, 1.807) is 17.4 Å². The van der Waals surface area contributed by atoms with Gasteiger partial charge in [0, 0.05) is 10.3 Å². The molecule has 138 valence electrons. The summed E-state index contributed by atoms with van der Waals surface area (Å²) in [6.07, 6.45) is 7.54. The number of pyridine rings is 1. The van der Waals surface area contributed by atoms with Crippen molar-refractivity contribution in [3.05, 3.63) is 44.4 Å². The van der Waals surface area contributed by atoms with Crippen LogP contribution < -0.4 is 10.9 Å². The summed E-state index contributed by atoms with van der Waals surface area (Å²) in [7, 11) is -3.26. The molecule has 26 heavy (non-hydrogen) atoms. The summed E-state index contributed by atoms with van der Waals surface area (Å²) in [5, 5.41) is 3.70. The average Bonchev–Trinajstić information content (AvgIpc) is 3.17. The molecule has 1 saturated carbocycles. The molecule has 1 atom stereocenters. The predicted octanol–water partition coefficient (Wildman–Crippen LogP) is 2.68. The first-order valence-corrected chi connectivity index (χ1v) is 11.3. The fraction of sp³-hybridized carbons (Fsp3) is 0.444. The first-order valence-electron chi connectivity index (χ1n) is 8.80. The third kappa shape index (κ3) is 3.48. The molecule has 0 radical (unpaired) electrons. The molecule has 1 aliphatic carbocycles. The molecule has 2 aliphatic rings. The lowest BCUT2D eigenvalue weighted by atomic mass is 9.88. The van der Waals surface area contributed by atoms with Gasteiger partial charge >= 0.3 is 0 Å². The van der Waals surface area contributed by atoms with E-state index in [4.69, 9.17) is 0 Å². The summed E-state index contributed by atoms with van der Waals surface area (Å²) in [6.45, 7) is 0. The first kappa shape index (κ1) is 17.5. The third-order valence-electron chi connectivity index (χ3n) is 5.05. The number of thiophene rings is 1. The number of rotatable bonds is 3. The molecule has 1 unspecified atom stereocenters. The van der Waals surface area contributed by atoms with Gasteiger partial charge in [0.25, 0.3) is 11.5 Å². The van der Waals surface area contributed by atoms with Crippen molar-refractivity contribution in [2.75, 3.05) is 5.75 Å². The molecule has 0 spiro atoms. The summed E-state index contributed by atoms with van der Waals surface area (Å²) >= 11 is 1.63. The maximum atomic E-state index is 12.4. The van der Waals surface area contributed by atoms with Crippen LogP contribution in [0.25, 0.3) is 10.2 Å². The first-order chi connectivity index (χ1) is 12.4. The van der Waals surface area contributed by atoms with E-state index in [2.05, 4.69) is 10.3 Å². The van der Waals surface area contributed by atoms with Crippen molar-refractivity contribution in [2.45, 2.75) is 44.1 Å². The Morgan fingerprint density at radius 3 is 2.65 bits per heavy atom. The number of hydrogen-bond donors (Lipinski definition) is 2. The van der Waals surface area contributed by atoms with Gasteiger partial charge in [0.15, 0.2) is 9.84 Å². The zero-order valence-electron chi connectivity index (χ0n) is 14.2. The van der Waals surface area contributed by atoms with Crippen LogP contribution in [0.1, 0.15) is 53.3 Å². The van der Waals surface area contributed by atoms with Crippen LogP contribution >= 0.6 is 11.3 Å². The van der Waals surface area contributed by atoms with Crippen LogP contribution in [-0.4, -0.2) is 31.1 Å². The number of aromatic amines is 1. The number of amides is 1. The number of aromatic nitrogens is 1. The molecule has 2 aromatic rings. The summed E-state index contributed by atoms with van der Waals surface area (Å²) < 4.78 is 23.8. The van der Waals surface area contributed by atoms with Gasteiger partial charge in [0.05, 0.1) is 22.0 Å². The van der Waals surface area contributed by atoms with Crippen molar-refractivity contribution in [3.8, 4) is 0 Å². The maximum Gasteiger partial charge on any atom is 0.261 e. The molecule has 1 fully saturated rings. The zero-order valence-corrected chi connectivity index (χ0v) is 15.8. The van der Waals surface area contributed by atoms with Crippen LogP contribution in [0.15, 0.2) is 28.4 Å². The highest BCUT2D eigenvalue weighted by Gasteiger charge is 2.25. The number of H-pyrrole nitrogens is 1. The van der Waals surface area contributed by atoms with Gasteiger partial charge in [-0.05, 0) is 37.0 Å². The van der Waals surface area contributed by atoms with Crippen LogP contribution in [0.4, 0.5) is 0 Å². The molecule has 2 aromatic heterocycles. The highest BCUT2D eigenvalue weighted by molar-refractivity contribution is 7.94. The molecule has 0 bridgehead atoms. The predicted molar refractivity (Wildman–Crippen MR) is 102 cm³/mol. The van der Waals surface area contributed by atoms with E-state index < -0.39 is 27.3 Å². The van der Waals surface area contributed by atoms with Crippen molar-refractivity contribution in [2.24, 2.45) is 0 Å². The van der Waals surface area contributed by atoms with Crippen LogP contribution in [0.5, 0.6) is 0 Å². The molecule has 4 rings (SSSR count). The summed E-state index contributed by atoms with van der Waals surface area (Å²) in [4.78, 5) is 28.8. The summed E-state index contributed by atoms with van der Waals surface area (Å²) in [5.41, 5.74) is 0.334. The minimum atomic E-state index is -3.26. The molecular formula is C18H20N2O4S2. The minimum Gasteiger partial charge on any atom is -0.345 e. The summed E-state index contributed by atoms with van der Waals surface area (Å²) in [6, 6.07) is 3.06. The standard InChI is InChI=1S/C18H20N2O4S2/c21-17(19-12-6-7-26(23,24)10-12)13-8-16-14(20-18(13)22)9-15(25-16)11-4-2-1-3-5-11/h6-9,11-12H,1-5,10H2,(H,19,21)(H,20,22). The number of carbonyl (C=O) groups is 1. The lowest BCUT2D eigenvalue weighted by molar-refractivity contribution is 0.0946. The SMILES string of the molecule is O=C(NC1C=CS(=O)(=O)C1)c1cc2sc(C3CCCCC3)cc2[nH]c1=O. The van der Waals surface area contributed by atoms with Gasteiger partial charge in [-0.25, -0.2) is 8.42 Å². The Hall–Kier alpha value is -1.93. The number of sulfone groups is 1. The van der Waals surface area contributed by atoms with E-state index in [1.165, 1.54) is 43.1 Å². The Bertz CT molecular complexity index is 1040. The van der Waals surface area contributed by atoms with Crippen molar-refractivity contribution in [1.29, 1.82) is 0 Å². The second kappa shape index (κ2) is 6.66. The average molecular weight is 393 g/mol. The van der Waals surface area contributed by atoms with E-state index in [-0.39, 0.29) is 11.3 Å². The molecule has 6 nitrogen and oxygen atoms in total. The normalized spacial score (nSPS) is 22.7. The molecule has 1 amide bonds. The molecule has 8 heteroatoms. The quantitative estimate of drug-likeness (QED) is 0.839. The third-order valence-corrected chi connectivity index (χ3v) is 7.69. The monoisotopic (exact) mass is 392 g/mol. The molecule has 0 aromatic carbocycles. The lowest BCUT2D eigenvalue weighted by Crippen LogP contribution is -2.38. The Morgan fingerprint density at radius 2 is 1.96 bits per heavy atom. The Kier molecular flexibility index (Phi) is 4.48. The van der Waals surface area contributed by atoms with Crippen molar-refractivity contribution in [1.82, 2.24) is 10.3 Å². The topological polar surface area (TPSA) is 96.1 Å². The molecule has 1 aliphatic heterocycles. The summed E-state index contributed by atoms with van der Waals surface area (Å²) in [5.74, 6) is -0.174. The fourth-order valence-electron chi connectivity index (χ4n) is 3.68. The Labute approximate surface area is 155 Å². The molecular weight excluding hydrogens is 372 g/mol. The van der Waals surface area contributed by atoms with Gasteiger partial charge in [0.1, 0.15) is 5.56 Å². The largest absolute Gasteiger partial charge is 0.345 e. The van der Waals surface area contributed by atoms with Crippen LogP contribution in [0.2, 0.25) is 0 Å². The van der Waals surface area contributed by atoms with Crippen LogP contribution in [0.3, 0.4) is 0 Å². The minimum absolute atomic E-state index is 0.0206. The van der Waals surface area contributed by atoms with Gasteiger partial charge in [-0.15, -0.1) is 11.3 Å². The van der Waals surface area contributed by atoms with E-state index in [9.17, 15) is 18.0 Å². The van der Waals surface area contributed by atoms with Gasteiger partial charge in [-0.1, -0.05) is 19.3 Å². The van der Waals surface area contributed by atoms with Gasteiger partial charge in [0.2, 0.25) is 0 Å². The second-order valence-corrected chi connectivity index (χ2v) is 10.1. The lowest BCUT2D eigenvalue weighted by Gasteiger charge is -2.19. The Morgan fingerprint density at radius 1 is 1.19 bits per heavy atom. The zero-order chi connectivity index (χ0) is 18.3. The highest BCUT2D eigenvalue weighted by Crippen LogP contribution is 2.38. The number of nitrogens with one attached hydrogen (secondary N) is 2. The van der Waals surface area contributed by atoms with Crippen molar-refractivity contribution >= 4 is 37.3 Å². The van der Waals surface area contributed by atoms with E-state index in [0.717, 1.165) is 15.6 Å². The van der Waals surface area contributed by atoms with Gasteiger partial charge in [-0.3, -0.25) is 9.59 Å². The fourth-order valence-corrected chi connectivity index (χ4v) is 6.15. The molecule has 2 N–H and O–H groups in total. The van der Waals surface area contributed by atoms with Crippen LogP contribution in [-0.2, 0) is 9.84 Å². The smallest absolute Gasteiger partial charge is 0.261 e. The van der Waals surface area contributed by atoms with E-state index >= 15 is 0 Å².